The van der Waals surface area contributed by atoms with Gasteiger partial charge in [-0.2, -0.15) is 0 Å². The van der Waals surface area contributed by atoms with Crippen molar-refractivity contribution in [2.45, 2.75) is 25.8 Å². The molecule has 3 heterocycles. The first-order chi connectivity index (χ1) is 12.7. The van der Waals surface area contributed by atoms with E-state index < -0.39 is 11.6 Å². The number of fused-ring (bicyclic) bond motifs is 1. The molecule has 0 aliphatic carbocycles. The van der Waals surface area contributed by atoms with Crippen molar-refractivity contribution >= 4 is 5.69 Å². The highest BCUT2D eigenvalue weighted by atomic mass is 19.2. The van der Waals surface area contributed by atoms with Crippen LogP contribution in [0.1, 0.15) is 30.5 Å². The van der Waals surface area contributed by atoms with Crippen molar-refractivity contribution in [1.82, 2.24) is 19.9 Å². The standard InChI is InChI=1S/C19H17F2N5/c1-2-16-13-4-5-15(20)17(21)14(13)6-9-26(16)12-10-24-19(25-11-12)18-22-7-3-8-23-18/h3-5,7-8,10-11,16H,2,6,9H2,1H3. The van der Waals surface area contributed by atoms with Gasteiger partial charge in [0.15, 0.2) is 23.3 Å². The second kappa shape index (κ2) is 6.74. The molecule has 4 rings (SSSR count). The second-order valence-corrected chi connectivity index (χ2v) is 6.13. The Bertz CT molecular complexity index is 915. The molecule has 5 nitrogen and oxygen atoms in total. The predicted octanol–water partition coefficient (Wildman–Crippen LogP) is 3.73. The Balaban J connectivity index is 1.66. The summed E-state index contributed by atoms with van der Waals surface area (Å²) in [7, 11) is 0. The van der Waals surface area contributed by atoms with Gasteiger partial charge in [0.05, 0.1) is 24.1 Å². The molecular weight excluding hydrogens is 336 g/mol. The zero-order valence-electron chi connectivity index (χ0n) is 14.2. The van der Waals surface area contributed by atoms with Gasteiger partial charge < -0.3 is 4.90 Å². The van der Waals surface area contributed by atoms with Gasteiger partial charge in [-0.1, -0.05) is 13.0 Å². The maximum absolute atomic E-state index is 14.1. The Morgan fingerprint density at radius 2 is 1.73 bits per heavy atom. The molecule has 2 aromatic heterocycles. The molecule has 0 spiro atoms. The third-order valence-corrected chi connectivity index (χ3v) is 4.69. The minimum absolute atomic E-state index is 0.0451. The van der Waals surface area contributed by atoms with Crippen LogP contribution in [-0.2, 0) is 6.42 Å². The van der Waals surface area contributed by atoms with E-state index >= 15 is 0 Å². The van der Waals surface area contributed by atoms with Crippen molar-refractivity contribution in [3.63, 3.8) is 0 Å². The fourth-order valence-corrected chi connectivity index (χ4v) is 3.48. The largest absolute Gasteiger partial charge is 0.362 e. The first kappa shape index (κ1) is 16.5. The van der Waals surface area contributed by atoms with Gasteiger partial charge in [0.1, 0.15) is 0 Å². The number of halogens is 2. The van der Waals surface area contributed by atoms with Crippen LogP contribution in [0.25, 0.3) is 11.6 Å². The number of hydrogen-bond acceptors (Lipinski definition) is 5. The summed E-state index contributed by atoms with van der Waals surface area (Å²) in [4.78, 5) is 19.2. The molecule has 1 aromatic carbocycles. The van der Waals surface area contributed by atoms with E-state index in [-0.39, 0.29) is 6.04 Å². The highest BCUT2D eigenvalue weighted by molar-refractivity contribution is 5.52. The van der Waals surface area contributed by atoms with Crippen LogP contribution in [0.2, 0.25) is 0 Å². The lowest BCUT2D eigenvalue weighted by atomic mass is 9.90. The third-order valence-electron chi connectivity index (χ3n) is 4.69. The topological polar surface area (TPSA) is 54.8 Å². The van der Waals surface area contributed by atoms with Crippen molar-refractivity contribution in [2.75, 3.05) is 11.4 Å². The molecule has 26 heavy (non-hydrogen) atoms. The summed E-state index contributed by atoms with van der Waals surface area (Å²) in [5, 5.41) is 0. The summed E-state index contributed by atoms with van der Waals surface area (Å²) >= 11 is 0. The number of hydrogen-bond donors (Lipinski definition) is 0. The van der Waals surface area contributed by atoms with Crippen LogP contribution in [0.15, 0.2) is 43.0 Å². The van der Waals surface area contributed by atoms with Crippen molar-refractivity contribution < 1.29 is 8.78 Å². The quantitative estimate of drug-likeness (QED) is 0.718. The van der Waals surface area contributed by atoms with E-state index in [2.05, 4.69) is 24.8 Å². The van der Waals surface area contributed by atoms with E-state index in [0.717, 1.165) is 17.7 Å². The maximum Gasteiger partial charge on any atom is 0.197 e. The zero-order chi connectivity index (χ0) is 18.1. The molecule has 0 fully saturated rings. The van der Waals surface area contributed by atoms with Gasteiger partial charge in [-0.3, -0.25) is 0 Å². The van der Waals surface area contributed by atoms with E-state index in [1.54, 1.807) is 36.9 Å². The highest BCUT2D eigenvalue weighted by Crippen LogP contribution is 2.37. The molecule has 0 saturated heterocycles. The molecule has 1 atom stereocenters. The summed E-state index contributed by atoms with van der Waals surface area (Å²) in [6.07, 6.45) is 7.95. The smallest absolute Gasteiger partial charge is 0.197 e. The van der Waals surface area contributed by atoms with Crippen molar-refractivity contribution in [2.24, 2.45) is 0 Å². The molecule has 1 unspecified atom stereocenters. The number of anilines is 1. The average Bonchev–Trinajstić information content (AvgIpc) is 2.70. The van der Waals surface area contributed by atoms with Crippen LogP contribution < -0.4 is 4.90 Å². The van der Waals surface area contributed by atoms with Gasteiger partial charge in [-0.25, -0.2) is 28.7 Å². The Hall–Kier alpha value is -2.96. The molecule has 3 aromatic rings. The molecule has 0 saturated carbocycles. The fourth-order valence-electron chi connectivity index (χ4n) is 3.48. The summed E-state index contributed by atoms with van der Waals surface area (Å²) in [5.41, 5.74) is 2.14. The maximum atomic E-state index is 14.1. The molecule has 0 amide bonds. The fraction of sp³-hybridized carbons (Fsp3) is 0.263. The van der Waals surface area contributed by atoms with Crippen LogP contribution in [-0.4, -0.2) is 26.5 Å². The van der Waals surface area contributed by atoms with Crippen LogP contribution in [0.4, 0.5) is 14.5 Å². The number of aromatic nitrogens is 4. The molecule has 0 bridgehead atoms. The molecule has 0 radical (unpaired) electrons. The van der Waals surface area contributed by atoms with E-state index in [1.165, 1.54) is 6.07 Å². The zero-order valence-corrected chi connectivity index (χ0v) is 14.2. The summed E-state index contributed by atoms with van der Waals surface area (Å²) in [6.45, 7) is 2.61. The Morgan fingerprint density at radius 3 is 2.42 bits per heavy atom. The second-order valence-electron chi connectivity index (χ2n) is 6.13. The van der Waals surface area contributed by atoms with Crippen molar-refractivity contribution in [3.8, 4) is 11.6 Å². The van der Waals surface area contributed by atoms with Crippen molar-refractivity contribution in [3.05, 3.63) is 65.7 Å². The first-order valence-electron chi connectivity index (χ1n) is 8.52. The van der Waals surface area contributed by atoms with Crippen molar-refractivity contribution in [1.29, 1.82) is 0 Å². The summed E-state index contributed by atoms with van der Waals surface area (Å²) < 4.78 is 27.7. The van der Waals surface area contributed by atoms with Gasteiger partial charge in [-0.15, -0.1) is 0 Å². The molecule has 1 aliphatic rings. The number of benzene rings is 1. The predicted molar refractivity (Wildman–Crippen MR) is 93.5 cm³/mol. The minimum Gasteiger partial charge on any atom is -0.362 e. The lowest BCUT2D eigenvalue weighted by Crippen LogP contribution is -2.36. The van der Waals surface area contributed by atoms with E-state index in [9.17, 15) is 8.78 Å². The van der Waals surface area contributed by atoms with Gasteiger partial charge in [0, 0.05) is 18.9 Å². The minimum atomic E-state index is -0.789. The molecule has 7 heteroatoms. The highest BCUT2D eigenvalue weighted by Gasteiger charge is 2.29. The number of nitrogens with zero attached hydrogens (tertiary/aromatic N) is 5. The summed E-state index contributed by atoms with van der Waals surface area (Å²) in [6, 6.07) is 4.57. The number of rotatable bonds is 3. The normalized spacial score (nSPS) is 16.4. The van der Waals surface area contributed by atoms with Crippen LogP contribution >= 0.6 is 0 Å². The van der Waals surface area contributed by atoms with Crippen LogP contribution in [0.3, 0.4) is 0 Å². The monoisotopic (exact) mass is 353 g/mol. The Kier molecular flexibility index (Phi) is 4.28. The van der Waals surface area contributed by atoms with Crippen LogP contribution in [0, 0.1) is 11.6 Å². The van der Waals surface area contributed by atoms with E-state index in [0.29, 0.717) is 30.2 Å². The van der Waals surface area contributed by atoms with Gasteiger partial charge >= 0.3 is 0 Å². The van der Waals surface area contributed by atoms with E-state index in [4.69, 9.17) is 0 Å². The van der Waals surface area contributed by atoms with E-state index in [1.807, 2.05) is 6.92 Å². The lowest BCUT2D eigenvalue weighted by Gasteiger charge is -2.38. The van der Waals surface area contributed by atoms with Gasteiger partial charge in [0.2, 0.25) is 0 Å². The molecular formula is C19H17F2N5. The first-order valence-corrected chi connectivity index (χ1v) is 8.52. The molecule has 1 aliphatic heterocycles. The van der Waals surface area contributed by atoms with Crippen LogP contribution in [0.5, 0.6) is 0 Å². The lowest BCUT2D eigenvalue weighted by molar-refractivity contribution is 0.477. The van der Waals surface area contributed by atoms with Gasteiger partial charge in [-0.05, 0) is 36.1 Å². The Labute approximate surface area is 149 Å². The average molecular weight is 353 g/mol. The van der Waals surface area contributed by atoms with Gasteiger partial charge in [0.25, 0.3) is 0 Å². The Morgan fingerprint density at radius 1 is 1.04 bits per heavy atom. The SMILES string of the molecule is CCC1c2ccc(F)c(F)c2CCN1c1cnc(-c2ncccn2)nc1. The third kappa shape index (κ3) is 2.79. The molecule has 0 N–H and O–H groups in total. The molecule has 132 valence electrons. The summed E-state index contributed by atoms with van der Waals surface area (Å²) in [5.74, 6) is -0.600.